The van der Waals surface area contributed by atoms with E-state index in [1.54, 1.807) is 30.3 Å². The SMILES string of the molecule is Cc1c(C(=O)O[C@@H](C(=O)NC2CC2)c2ccccc2)cccc1[N+](=O)[O-]. The maximum absolute atomic E-state index is 12.6. The zero-order chi connectivity index (χ0) is 18.7. The first-order valence-electron chi connectivity index (χ1n) is 8.27. The molecular weight excluding hydrogens is 336 g/mol. The second-order valence-electron chi connectivity index (χ2n) is 6.19. The minimum Gasteiger partial charge on any atom is -0.444 e. The Morgan fingerprint density at radius 1 is 1.15 bits per heavy atom. The summed E-state index contributed by atoms with van der Waals surface area (Å²) in [6.45, 7) is 1.48. The maximum atomic E-state index is 12.6. The topological polar surface area (TPSA) is 98.5 Å². The predicted octanol–water partition coefficient (Wildman–Crippen LogP) is 3.08. The first-order valence-corrected chi connectivity index (χ1v) is 8.27. The maximum Gasteiger partial charge on any atom is 0.339 e. The molecule has 1 N–H and O–H groups in total. The van der Waals surface area contributed by atoms with Crippen LogP contribution in [0.5, 0.6) is 0 Å². The number of nitrogens with one attached hydrogen (secondary N) is 1. The molecule has 0 unspecified atom stereocenters. The predicted molar refractivity (Wildman–Crippen MR) is 93.6 cm³/mol. The van der Waals surface area contributed by atoms with Gasteiger partial charge in [-0.15, -0.1) is 0 Å². The summed E-state index contributed by atoms with van der Waals surface area (Å²) in [5.41, 5.74) is 0.650. The number of benzene rings is 2. The fraction of sp³-hybridized carbons (Fsp3) is 0.263. The standard InChI is InChI=1S/C19H18N2O5/c1-12-15(8-5-9-16(12)21(24)25)19(23)26-17(13-6-3-2-4-7-13)18(22)20-14-10-11-14/h2-9,14,17H,10-11H2,1H3,(H,20,22)/t17-/m1/s1. The van der Waals surface area contributed by atoms with Crippen molar-refractivity contribution in [3.8, 4) is 0 Å². The number of ether oxygens (including phenoxy) is 1. The highest BCUT2D eigenvalue weighted by Crippen LogP contribution is 2.26. The molecular formula is C19H18N2O5. The molecule has 0 aliphatic heterocycles. The molecule has 134 valence electrons. The lowest BCUT2D eigenvalue weighted by Gasteiger charge is -2.18. The summed E-state index contributed by atoms with van der Waals surface area (Å²) in [6.07, 6.45) is 0.707. The Bertz CT molecular complexity index is 846. The van der Waals surface area contributed by atoms with E-state index >= 15 is 0 Å². The highest BCUT2D eigenvalue weighted by molar-refractivity contribution is 5.94. The number of nitro groups is 1. The van der Waals surface area contributed by atoms with Crippen LogP contribution in [0.1, 0.15) is 40.4 Å². The van der Waals surface area contributed by atoms with Crippen LogP contribution in [0.15, 0.2) is 48.5 Å². The lowest BCUT2D eigenvalue weighted by Crippen LogP contribution is -2.33. The molecule has 0 spiro atoms. The van der Waals surface area contributed by atoms with Crippen LogP contribution >= 0.6 is 0 Å². The zero-order valence-corrected chi connectivity index (χ0v) is 14.2. The molecule has 7 nitrogen and oxygen atoms in total. The number of amides is 1. The smallest absolute Gasteiger partial charge is 0.339 e. The molecule has 1 aliphatic rings. The fourth-order valence-corrected chi connectivity index (χ4v) is 2.62. The Morgan fingerprint density at radius 2 is 1.85 bits per heavy atom. The summed E-state index contributed by atoms with van der Waals surface area (Å²) in [5.74, 6) is -1.17. The Labute approximate surface area is 150 Å². The average molecular weight is 354 g/mol. The van der Waals surface area contributed by atoms with E-state index in [1.165, 1.54) is 25.1 Å². The van der Waals surface area contributed by atoms with Crippen molar-refractivity contribution in [1.82, 2.24) is 5.32 Å². The number of nitro benzene ring substituents is 1. The molecule has 0 heterocycles. The van der Waals surface area contributed by atoms with E-state index in [4.69, 9.17) is 4.74 Å². The van der Waals surface area contributed by atoms with Crippen LogP contribution < -0.4 is 5.32 Å². The first-order chi connectivity index (χ1) is 12.5. The van der Waals surface area contributed by atoms with E-state index in [2.05, 4.69) is 5.32 Å². The van der Waals surface area contributed by atoms with Gasteiger partial charge in [-0.1, -0.05) is 36.4 Å². The van der Waals surface area contributed by atoms with Gasteiger partial charge < -0.3 is 10.1 Å². The molecule has 1 atom stereocenters. The molecule has 1 aliphatic carbocycles. The molecule has 1 amide bonds. The molecule has 1 fully saturated rings. The summed E-state index contributed by atoms with van der Waals surface area (Å²) in [7, 11) is 0. The van der Waals surface area contributed by atoms with E-state index in [0.717, 1.165) is 12.8 Å². The molecule has 0 aromatic heterocycles. The van der Waals surface area contributed by atoms with Gasteiger partial charge in [-0.3, -0.25) is 14.9 Å². The van der Waals surface area contributed by atoms with Crippen LogP contribution in [0.25, 0.3) is 0 Å². The Morgan fingerprint density at radius 3 is 2.46 bits per heavy atom. The normalized spacial score (nSPS) is 14.3. The summed E-state index contributed by atoms with van der Waals surface area (Å²) in [4.78, 5) is 35.6. The van der Waals surface area contributed by atoms with Gasteiger partial charge >= 0.3 is 5.97 Å². The Balaban J connectivity index is 1.86. The number of carbonyl (C=O) groups excluding carboxylic acids is 2. The molecule has 3 rings (SSSR count). The zero-order valence-electron chi connectivity index (χ0n) is 14.2. The molecule has 0 bridgehead atoms. The largest absolute Gasteiger partial charge is 0.444 e. The van der Waals surface area contributed by atoms with Gasteiger partial charge in [0.2, 0.25) is 6.10 Å². The number of esters is 1. The molecule has 0 saturated heterocycles. The number of hydrogen-bond acceptors (Lipinski definition) is 5. The molecule has 2 aromatic carbocycles. The van der Waals surface area contributed by atoms with E-state index in [0.29, 0.717) is 5.56 Å². The van der Waals surface area contributed by atoms with Crippen molar-refractivity contribution in [2.24, 2.45) is 0 Å². The van der Waals surface area contributed by atoms with Crippen LogP contribution in [0.2, 0.25) is 0 Å². The van der Waals surface area contributed by atoms with E-state index in [-0.39, 0.29) is 22.9 Å². The van der Waals surface area contributed by atoms with Crippen molar-refractivity contribution in [1.29, 1.82) is 0 Å². The van der Waals surface area contributed by atoms with Gasteiger partial charge in [-0.25, -0.2) is 4.79 Å². The van der Waals surface area contributed by atoms with Gasteiger partial charge in [0, 0.05) is 23.2 Å². The quantitative estimate of drug-likeness (QED) is 0.488. The van der Waals surface area contributed by atoms with Gasteiger partial charge in [0.1, 0.15) is 0 Å². The van der Waals surface area contributed by atoms with E-state index in [1.807, 2.05) is 0 Å². The lowest BCUT2D eigenvalue weighted by atomic mass is 10.1. The molecule has 7 heteroatoms. The van der Waals surface area contributed by atoms with Crippen molar-refractivity contribution in [3.63, 3.8) is 0 Å². The summed E-state index contributed by atoms with van der Waals surface area (Å²) in [5, 5.41) is 13.9. The van der Waals surface area contributed by atoms with Crippen LogP contribution in [0.4, 0.5) is 5.69 Å². The van der Waals surface area contributed by atoms with Crippen molar-refractivity contribution in [3.05, 3.63) is 75.3 Å². The second kappa shape index (κ2) is 7.35. The van der Waals surface area contributed by atoms with Gasteiger partial charge in [-0.05, 0) is 25.8 Å². The number of hydrogen-bond donors (Lipinski definition) is 1. The van der Waals surface area contributed by atoms with Gasteiger partial charge in [-0.2, -0.15) is 0 Å². The summed E-state index contributed by atoms with van der Waals surface area (Å²) >= 11 is 0. The van der Waals surface area contributed by atoms with Gasteiger partial charge in [0.15, 0.2) is 0 Å². The van der Waals surface area contributed by atoms with Crippen LogP contribution in [-0.2, 0) is 9.53 Å². The highest BCUT2D eigenvalue weighted by atomic mass is 16.6. The highest BCUT2D eigenvalue weighted by Gasteiger charge is 2.31. The molecule has 1 saturated carbocycles. The third-order valence-electron chi connectivity index (χ3n) is 4.21. The van der Waals surface area contributed by atoms with Crippen molar-refractivity contribution in [2.75, 3.05) is 0 Å². The average Bonchev–Trinajstić information content (AvgIpc) is 3.44. The van der Waals surface area contributed by atoms with Gasteiger partial charge in [0.05, 0.1) is 10.5 Å². The third kappa shape index (κ3) is 3.88. The molecule has 0 radical (unpaired) electrons. The van der Waals surface area contributed by atoms with Crippen LogP contribution in [-0.4, -0.2) is 22.8 Å². The fourth-order valence-electron chi connectivity index (χ4n) is 2.62. The van der Waals surface area contributed by atoms with E-state index in [9.17, 15) is 19.7 Å². The van der Waals surface area contributed by atoms with Crippen molar-refractivity contribution >= 4 is 17.6 Å². The Kier molecular flexibility index (Phi) is 4.97. The minimum atomic E-state index is -1.11. The number of rotatable bonds is 6. The summed E-state index contributed by atoms with van der Waals surface area (Å²) in [6, 6.07) is 13.0. The van der Waals surface area contributed by atoms with Crippen molar-refractivity contribution < 1.29 is 19.2 Å². The third-order valence-corrected chi connectivity index (χ3v) is 4.21. The minimum absolute atomic E-state index is 0.0688. The number of nitrogens with zero attached hydrogens (tertiary/aromatic N) is 1. The second-order valence-corrected chi connectivity index (χ2v) is 6.19. The van der Waals surface area contributed by atoms with Crippen molar-refractivity contribution in [2.45, 2.75) is 31.9 Å². The Hall–Kier alpha value is -3.22. The molecule has 26 heavy (non-hydrogen) atoms. The van der Waals surface area contributed by atoms with Crippen LogP contribution in [0, 0.1) is 17.0 Å². The number of carbonyl (C=O) groups is 2. The van der Waals surface area contributed by atoms with Gasteiger partial charge in [0.25, 0.3) is 11.6 Å². The summed E-state index contributed by atoms with van der Waals surface area (Å²) < 4.78 is 5.46. The van der Waals surface area contributed by atoms with E-state index < -0.39 is 22.9 Å². The molecule has 2 aromatic rings. The lowest BCUT2D eigenvalue weighted by molar-refractivity contribution is -0.385. The first kappa shape index (κ1) is 17.6. The monoisotopic (exact) mass is 354 g/mol. The van der Waals surface area contributed by atoms with Crippen LogP contribution in [0.3, 0.4) is 0 Å².